The maximum absolute atomic E-state index is 12.9. The van der Waals surface area contributed by atoms with E-state index in [1.807, 2.05) is 30.1 Å². The summed E-state index contributed by atoms with van der Waals surface area (Å²) in [6.45, 7) is 1.70. The van der Waals surface area contributed by atoms with E-state index in [0.717, 1.165) is 24.3 Å². The van der Waals surface area contributed by atoms with Crippen molar-refractivity contribution >= 4 is 17.5 Å². The van der Waals surface area contributed by atoms with E-state index in [-0.39, 0.29) is 18.4 Å². The third-order valence-corrected chi connectivity index (χ3v) is 5.80. The van der Waals surface area contributed by atoms with Crippen molar-refractivity contribution < 1.29 is 14.3 Å². The van der Waals surface area contributed by atoms with Gasteiger partial charge in [-0.3, -0.25) is 19.0 Å². The van der Waals surface area contributed by atoms with E-state index in [1.54, 1.807) is 47.2 Å². The van der Waals surface area contributed by atoms with Gasteiger partial charge in [-0.1, -0.05) is 0 Å². The van der Waals surface area contributed by atoms with Gasteiger partial charge in [-0.2, -0.15) is 10.2 Å². The monoisotopic (exact) mass is 436 g/mol. The molecule has 1 saturated heterocycles. The molecule has 1 N–H and O–H groups in total. The minimum Gasteiger partial charge on any atom is -0.497 e. The van der Waals surface area contributed by atoms with Crippen LogP contribution in [0.2, 0.25) is 0 Å². The van der Waals surface area contributed by atoms with E-state index in [0.29, 0.717) is 36.7 Å². The van der Waals surface area contributed by atoms with Crippen LogP contribution in [-0.2, 0) is 24.8 Å². The van der Waals surface area contributed by atoms with Crippen molar-refractivity contribution in [1.82, 2.24) is 24.5 Å². The number of carbonyl (C=O) groups excluding carboxylic acids is 2. The summed E-state index contributed by atoms with van der Waals surface area (Å²) in [5.74, 6) is 1.03. The van der Waals surface area contributed by atoms with Crippen LogP contribution < -0.4 is 10.1 Å². The van der Waals surface area contributed by atoms with Crippen molar-refractivity contribution in [3.63, 3.8) is 0 Å². The van der Waals surface area contributed by atoms with Gasteiger partial charge in [0.25, 0.3) is 5.91 Å². The highest BCUT2D eigenvalue weighted by Gasteiger charge is 2.26. The fraction of sp³-hybridized carbons (Fsp3) is 0.391. The number of hydrogen-bond donors (Lipinski definition) is 1. The molecule has 0 saturated carbocycles. The van der Waals surface area contributed by atoms with Gasteiger partial charge >= 0.3 is 0 Å². The molecular weight excluding hydrogens is 408 g/mol. The zero-order chi connectivity index (χ0) is 22.5. The van der Waals surface area contributed by atoms with Crippen LogP contribution in [0.3, 0.4) is 0 Å². The molecule has 1 aromatic carbocycles. The number of hydrogen-bond acceptors (Lipinski definition) is 5. The Balaban J connectivity index is 1.34. The number of ether oxygens (including phenoxy) is 1. The minimum atomic E-state index is -0.176. The Morgan fingerprint density at radius 1 is 1.19 bits per heavy atom. The first kappa shape index (κ1) is 21.6. The second-order valence-electron chi connectivity index (χ2n) is 8.08. The molecule has 0 radical (unpaired) electrons. The number of carbonyl (C=O) groups is 2. The van der Waals surface area contributed by atoms with Crippen LogP contribution in [0.4, 0.5) is 5.69 Å². The Morgan fingerprint density at radius 2 is 1.94 bits per heavy atom. The lowest BCUT2D eigenvalue weighted by atomic mass is 9.91. The molecule has 0 unspecified atom stereocenters. The van der Waals surface area contributed by atoms with Gasteiger partial charge < -0.3 is 15.0 Å². The van der Waals surface area contributed by atoms with Crippen molar-refractivity contribution in [1.29, 1.82) is 0 Å². The third-order valence-electron chi connectivity index (χ3n) is 5.80. The molecule has 1 aliphatic heterocycles. The molecule has 2 aromatic heterocycles. The average Bonchev–Trinajstić information content (AvgIpc) is 3.44. The summed E-state index contributed by atoms with van der Waals surface area (Å²) >= 11 is 0. The molecule has 3 aromatic rings. The Bertz CT molecular complexity index is 1050. The molecule has 4 rings (SSSR count). The van der Waals surface area contributed by atoms with E-state index in [1.165, 1.54) is 0 Å². The van der Waals surface area contributed by atoms with Crippen LogP contribution in [0, 0.1) is 5.92 Å². The first-order valence-electron chi connectivity index (χ1n) is 10.7. The van der Waals surface area contributed by atoms with Crippen molar-refractivity contribution in [2.24, 2.45) is 13.0 Å². The van der Waals surface area contributed by atoms with E-state index in [2.05, 4.69) is 15.5 Å². The molecule has 9 nitrogen and oxygen atoms in total. The molecule has 0 bridgehead atoms. The fourth-order valence-corrected chi connectivity index (χ4v) is 4.04. The van der Waals surface area contributed by atoms with Crippen molar-refractivity contribution in [3.8, 4) is 5.75 Å². The predicted octanol–water partition coefficient (Wildman–Crippen LogP) is 2.36. The molecule has 0 atom stereocenters. The number of rotatable bonds is 7. The maximum Gasteiger partial charge on any atom is 0.259 e. The number of amides is 2. The molecule has 9 heteroatoms. The summed E-state index contributed by atoms with van der Waals surface area (Å²) < 4.78 is 8.49. The Hall–Kier alpha value is -3.62. The fourth-order valence-electron chi connectivity index (χ4n) is 4.04. The normalized spacial score (nSPS) is 14.4. The minimum absolute atomic E-state index is 0.0875. The molecule has 3 heterocycles. The van der Waals surface area contributed by atoms with Crippen LogP contribution in [0.5, 0.6) is 5.75 Å². The molecule has 1 aliphatic rings. The Labute approximate surface area is 187 Å². The number of aryl methyl sites for hydroxylation is 1. The van der Waals surface area contributed by atoms with Gasteiger partial charge in [0.05, 0.1) is 18.4 Å². The van der Waals surface area contributed by atoms with Gasteiger partial charge in [-0.05, 0) is 55.5 Å². The van der Waals surface area contributed by atoms with Gasteiger partial charge in [0.15, 0.2) is 0 Å². The number of aromatic nitrogens is 4. The van der Waals surface area contributed by atoms with E-state index >= 15 is 0 Å². The predicted molar refractivity (Wildman–Crippen MR) is 119 cm³/mol. The van der Waals surface area contributed by atoms with E-state index in [4.69, 9.17) is 4.74 Å². The lowest BCUT2D eigenvalue weighted by Crippen LogP contribution is -2.40. The van der Waals surface area contributed by atoms with Crippen LogP contribution >= 0.6 is 0 Å². The molecular formula is C23H28N6O3. The number of nitrogens with one attached hydrogen (secondary N) is 1. The second kappa shape index (κ2) is 9.67. The standard InChI is InChI=1S/C23H28N6O3/c1-27-15-20(23(31)25-18-4-6-19(32-2)7-5-18)21(26-27)14-17-8-12-28(13-9-17)22(30)16-29-11-3-10-24-29/h3-7,10-11,15,17H,8-9,12-14,16H2,1-2H3,(H,25,31). The topological polar surface area (TPSA) is 94.3 Å². The van der Waals surface area contributed by atoms with Gasteiger partial charge in [-0.15, -0.1) is 0 Å². The van der Waals surface area contributed by atoms with Gasteiger partial charge in [0, 0.05) is 44.4 Å². The number of piperidine rings is 1. The summed E-state index contributed by atoms with van der Waals surface area (Å²) in [6.07, 6.45) is 7.73. The number of likely N-dealkylation sites (tertiary alicyclic amines) is 1. The zero-order valence-electron chi connectivity index (χ0n) is 18.4. The number of benzene rings is 1. The van der Waals surface area contributed by atoms with Gasteiger partial charge in [-0.25, -0.2) is 0 Å². The number of anilines is 1. The van der Waals surface area contributed by atoms with Crippen LogP contribution in [-0.4, -0.2) is 56.5 Å². The average molecular weight is 437 g/mol. The quantitative estimate of drug-likeness (QED) is 0.614. The first-order valence-corrected chi connectivity index (χ1v) is 10.7. The molecule has 168 valence electrons. The summed E-state index contributed by atoms with van der Waals surface area (Å²) in [5.41, 5.74) is 2.08. The molecule has 2 amide bonds. The lowest BCUT2D eigenvalue weighted by molar-refractivity contribution is -0.133. The molecule has 32 heavy (non-hydrogen) atoms. The summed E-state index contributed by atoms with van der Waals surface area (Å²) in [7, 11) is 3.43. The Morgan fingerprint density at radius 3 is 2.59 bits per heavy atom. The van der Waals surface area contributed by atoms with Crippen molar-refractivity contribution in [2.75, 3.05) is 25.5 Å². The zero-order valence-corrected chi connectivity index (χ0v) is 18.4. The van der Waals surface area contributed by atoms with Crippen LogP contribution in [0.15, 0.2) is 48.9 Å². The first-order chi connectivity index (χ1) is 15.5. The third kappa shape index (κ3) is 5.16. The smallest absolute Gasteiger partial charge is 0.259 e. The summed E-state index contributed by atoms with van der Waals surface area (Å²) in [6, 6.07) is 9.04. The van der Waals surface area contributed by atoms with E-state index in [9.17, 15) is 9.59 Å². The van der Waals surface area contributed by atoms with Gasteiger partial charge in [0.2, 0.25) is 5.91 Å². The highest BCUT2D eigenvalue weighted by molar-refractivity contribution is 6.05. The summed E-state index contributed by atoms with van der Waals surface area (Å²) in [4.78, 5) is 27.3. The van der Waals surface area contributed by atoms with Crippen molar-refractivity contribution in [3.05, 3.63) is 60.2 Å². The largest absolute Gasteiger partial charge is 0.497 e. The number of methoxy groups -OCH3 is 1. The lowest BCUT2D eigenvalue weighted by Gasteiger charge is -2.32. The molecule has 0 aliphatic carbocycles. The SMILES string of the molecule is COc1ccc(NC(=O)c2cn(C)nc2CC2CCN(C(=O)Cn3cccn3)CC2)cc1. The van der Waals surface area contributed by atoms with Gasteiger partial charge in [0.1, 0.15) is 12.3 Å². The van der Waals surface area contributed by atoms with Crippen LogP contribution in [0.25, 0.3) is 0 Å². The molecule has 0 spiro atoms. The summed E-state index contributed by atoms with van der Waals surface area (Å²) in [5, 5.41) is 11.6. The number of nitrogens with zero attached hydrogens (tertiary/aromatic N) is 5. The van der Waals surface area contributed by atoms with E-state index < -0.39 is 0 Å². The molecule has 1 fully saturated rings. The van der Waals surface area contributed by atoms with Crippen LogP contribution in [0.1, 0.15) is 28.9 Å². The maximum atomic E-state index is 12.9. The highest BCUT2D eigenvalue weighted by atomic mass is 16.5. The second-order valence-corrected chi connectivity index (χ2v) is 8.08. The van der Waals surface area contributed by atoms with Crippen molar-refractivity contribution in [2.45, 2.75) is 25.8 Å². The highest BCUT2D eigenvalue weighted by Crippen LogP contribution is 2.24. The Kier molecular flexibility index (Phi) is 6.53.